The first-order valence-electron chi connectivity index (χ1n) is 9.39. The average Bonchev–Trinajstić information content (AvgIpc) is 3.05. The second-order valence-electron chi connectivity index (χ2n) is 7.33. The van der Waals surface area contributed by atoms with Gasteiger partial charge in [-0.25, -0.2) is 4.98 Å². The predicted molar refractivity (Wildman–Crippen MR) is 109 cm³/mol. The molecule has 1 fully saturated rings. The number of nitrogens with zero attached hydrogens (tertiary/aromatic N) is 4. The smallest absolute Gasteiger partial charge is 0.292 e. The fourth-order valence-electron chi connectivity index (χ4n) is 3.82. The zero-order valence-electron chi connectivity index (χ0n) is 15.8. The summed E-state index contributed by atoms with van der Waals surface area (Å²) in [4.78, 5) is 15.9. The summed E-state index contributed by atoms with van der Waals surface area (Å²) in [6, 6.07) is 12.1. The van der Waals surface area contributed by atoms with Crippen LogP contribution in [0.25, 0.3) is 33.3 Å². The van der Waals surface area contributed by atoms with E-state index >= 15 is 0 Å². The van der Waals surface area contributed by atoms with Crippen molar-refractivity contribution in [3.8, 4) is 11.1 Å². The molecule has 4 aromatic rings. The topological polar surface area (TPSA) is 90.3 Å². The van der Waals surface area contributed by atoms with Crippen molar-refractivity contribution in [2.24, 2.45) is 0 Å². The van der Waals surface area contributed by atoms with Crippen molar-refractivity contribution in [3.05, 3.63) is 42.6 Å². The number of ether oxygens (including phenoxy) is 1. The van der Waals surface area contributed by atoms with Crippen molar-refractivity contribution in [2.45, 2.75) is 26.1 Å². The van der Waals surface area contributed by atoms with Crippen LogP contribution < -0.4 is 10.6 Å². The standard InChI is InChI=1S/C21H21N5O2/c1-12-10-26(11-13(2)27-12)20-9-23-16-5-3-14(7-17(16)24-20)15-4-6-19-18(8-15)25-21(22)28-19/h3-9,12-13H,10-11H2,1-2H3,(H2,22,25)/t12-,13+. The summed E-state index contributed by atoms with van der Waals surface area (Å²) in [5.41, 5.74) is 10.9. The van der Waals surface area contributed by atoms with Crippen molar-refractivity contribution >= 4 is 34.0 Å². The molecule has 142 valence electrons. The molecule has 0 spiro atoms. The second kappa shape index (κ2) is 6.45. The molecule has 2 aromatic carbocycles. The highest BCUT2D eigenvalue weighted by Crippen LogP contribution is 2.28. The Labute approximate surface area is 162 Å². The van der Waals surface area contributed by atoms with Crippen LogP contribution in [0, 0.1) is 0 Å². The van der Waals surface area contributed by atoms with E-state index in [1.165, 1.54) is 0 Å². The van der Waals surface area contributed by atoms with Gasteiger partial charge in [0.25, 0.3) is 6.01 Å². The summed E-state index contributed by atoms with van der Waals surface area (Å²) in [6.45, 7) is 5.80. The molecular weight excluding hydrogens is 354 g/mol. The lowest BCUT2D eigenvalue weighted by Crippen LogP contribution is -2.45. The van der Waals surface area contributed by atoms with Gasteiger partial charge in [-0.05, 0) is 49.2 Å². The first-order valence-corrected chi connectivity index (χ1v) is 9.39. The maximum Gasteiger partial charge on any atom is 0.292 e. The molecule has 2 aromatic heterocycles. The molecule has 0 aliphatic carbocycles. The minimum Gasteiger partial charge on any atom is -0.424 e. The quantitative estimate of drug-likeness (QED) is 0.572. The number of hydrogen-bond donors (Lipinski definition) is 1. The third-order valence-corrected chi connectivity index (χ3v) is 5.01. The van der Waals surface area contributed by atoms with Crippen LogP contribution in [-0.2, 0) is 4.74 Å². The molecular formula is C21H21N5O2. The first kappa shape index (κ1) is 16.9. The van der Waals surface area contributed by atoms with Gasteiger partial charge in [0.15, 0.2) is 5.58 Å². The first-order chi connectivity index (χ1) is 13.5. The number of anilines is 2. The Balaban J connectivity index is 1.53. The summed E-state index contributed by atoms with van der Waals surface area (Å²) in [6.07, 6.45) is 2.19. The number of benzene rings is 2. The van der Waals surface area contributed by atoms with Crippen LogP contribution in [0.2, 0.25) is 0 Å². The normalized spacial score (nSPS) is 20.1. The Kier molecular flexibility index (Phi) is 3.91. The molecule has 0 radical (unpaired) electrons. The van der Waals surface area contributed by atoms with E-state index in [-0.39, 0.29) is 18.2 Å². The van der Waals surface area contributed by atoms with Gasteiger partial charge in [0.05, 0.1) is 29.4 Å². The van der Waals surface area contributed by atoms with Gasteiger partial charge >= 0.3 is 0 Å². The Morgan fingerprint density at radius 1 is 0.929 bits per heavy atom. The lowest BCUT2D eigenvalue weighted by Gasteiger charge is -2.35. The molecule has 28 heavy (non-hydrogen) atoms. The number of aromatic nitrogens is 3. The molecule has 1 aliphatic heterocycles. The Morgan fingerprint density at radius 2 is 1.64 bits per heavy atom. The maximum atomic E-state index is 5.83. The van der Waals surface area contributed by atoms with E-state index in [4.69, 9.17) is 19.9 Å². The van der Waals surface area contributed by atoms with E-state index in [0.717, 1.165) is 46.6 Å². The number of oxazole rings is 1. The highest BCUT2D eigenvalue weighted by Gasteiger charge is 2.23. The van der Waals surface area contributed by atoms with E-state index in [0.29, 0.717) is 5.58 Å². The SMILES string of the molecule is C[C@@H]1CN(c2cnc3ccc(-c4ccc5oc(N)nc5c4)cc3n2)C[C@H](C)O1. The molecule has 0 unspecified atom stereocenters. The van der Waals surface area contributed by atoms with Gasteiger partial charge in [0.2, 0.25) is 0 Å². The fourth-order valence-corrected chi connectivity index (χ4v) is 3.82. The van der Waals surface area contributed by atoms with Crippen molar-refractivity contribution in [3.63, 3.8) is 0 Å². The van der Waals surface area contributed by atoms with E-state index in [9.17, 15) is 0 Å². The van der Waals surface area contributed by atoms with Gasteiger partial charge in [0, 0.05) is 13.1 Å². The van der Waals surface area contributed by atoms with E-state index < -0.39 is 0 Å². The summed E-state index contributed by atoms with van der Waals surface area (Å²) >= 11 is 0. The van der Waals surface area contributed by atoms with Crippen molar-refractivity contribution < 1.29 is 9.15 Å². The van der Waals surface area contributed by atoms with Crippen molar-refractivity contribution in [1.29, 1.82) is 0 Å². The minimum absolute atomic E-state index is 0.175. The zero-order valence-corrected chi connectivity index (χ0v) is 15.8. The summed E-state index contributed by atoms with van der Waals surface area (Å²) in [7, 11) is 0. The minimum atomic E-state index is 0.175. The number of nitrogens with two attached hydrogens (primary N) is 1. The Bertz CT molecular complexity index is 1160. The van der Waals surface area contributed by atoms with Crippen LogP contribution in [0.5, 0.6) is 0 Å². The molecule has 0 saturated carbocycles. The van der Waals surface area contributed by atoms with E-state index in [1.807, 2.05) is 36.5 Å². The number of rotatable bonds is 2. The van der Waals surface area contributed by atoms with Crippen LogP contribution in [0.4, 0.5) is 11.8 Å². The highest BCUT2D eigenvalue weighted by atomic mass is 16.5. The lowest BCUT2D eigenvalue weighted by molar-refractivity contribution is -0.00545. The maximum absolute atomic E-state index is 5.83. The van der Waals surface area contributed by atoms with Crippen LogP contribution in [0.1, 0.15) is 13.8 Å². The number of morpholine rings is 1. The Hall–Kier alpha value is -3.19. The van der Waals surface area contributed by atoms with Crippen LogP contribution in [-0.4, -0.2) is 40.2 Å². The molecule has 7 heteroatoms. The zero-order chi connectivity index (χ0) is 19.3. The number of hydrogen-bond acceptors (Lipinski definition) is 7. The predicted octanol–water partition coefficient (Wildman–Crippen LogP) is 3.63. The van der Waals surface area contributed by atoms with Crippen LogP contribution in [0.3, 0.4) is 0 Å². The van der Waals surface area contributed by atoms with Gasteiger partial charge in [-0.1, -0.05) is 12.1 Å². The van der Waals surface area contributed by atoms with Gasteiger partial charge in [0.1, 0.15) is 11.3 Å². The van der Waals surface area contributed by atoms with Gasteiger partial charge < -0.3 is 19.8 Å². The largest absolute Gasteiger partial charge is 0.424 e. The summed E-state index contributed by atoms with van der Waals surface area (Å²) < 4.78 is 11.2. The monoisotopic (exact) mass is 375 g/mol. The summed E-state index contributed by atoms with van der Waals surface area (Å²) in [5, 5.41) is 0. The fraction of sp³-hybridized carbons (Fsp3) is 0.286. The summed E-state index contributed by atoms with van der Waals surface area (Å²) in [5.74, 6) is 0.881. The highest BCUT2D eigenvalue weighted by molar-refractivity contribution is 5.86. The number of nitrogen functional groups attached to an aromatic ring is 1. The second-order valence-corrected chi connectivity index (χ2v) is 7.33. The van der Waals surface area contributed by atoms with Crippen molar-refractivity contribution in [2.75, 3.05) is 23.7 Å². The molecule has 1 aliphatic rings. The third-order valence-electron chi connectivity index (χ3n) is 5.01. The average molecular weight is 375 g/mol. The van der Waals surface area contributed by atoms with Crippen LogP contribution in [0.15, 0.2) is 47.0 Å². The van der Waals surface area contributed by atoms with Crippen molar-refractivity contribution in [1.82, 2.24) is 15.0 Å². The lowest BCUT2D eigenvalue weighted by atomic mass is 10.0. The van der Waals surface area contributed by atoms with Gasteiger partial charge in [-0.15, -0.1) is 0 Å². The van der Waals surface area contributed by atoms with Crippen LogP contribution >= 0.6 is 0 Å². The molecule has 5 rings (SSSR count). The number of fused-ring (bicyclic) bond motifs is 2. The molecule has 0 bridgehead atoms. The Morgan fingerprint density at radius 3 is 2.43 bits per heavy atom. The van der Waals surface area contributed by atoms with Gasteiger partial charge in [-0.2, -0.15) is 4.98 Å². The van der Waals surface area contributed by atoms with Gasteiger partial charge in [-0.3, -0.25) is 4.98 Å². The molecule has 1 saturated heterocycles. The molecule has 7 nitrogen and oxygen atoms in total. The molecule has 2 N–H and O–H groups in total. The molecule has 0 amide bonds. The van der Waals surface area contributed by atoms with E-state index in [1.54, 1.807) is 0 Å². The third kappa shape index (κ3) is 3.03. The molecule has 2 atom stereocenters. The molecule has 3 heterocycles. The van der Waals surface area contributed by atoms with E-state index in [2.05, 4.69) is 34.8 Å².